The van der Waals surface area contributed by atoms with Gasteiger partial charge in [0.2, 0.25) is 0 Å². The monoisotopic (exact) mass is 429 g/mol. The number of aromatic nitrogens is 5. The maximum Gasteiger partial charge on any atom is 0.368 e. The molecule has 0 radical (unpaired) electrons. The smallest absolute Gasteiger partial charge is 0.368 e. The van der Waals surface area contributed by atoms with Crippen molar-refractivity contribution in [2.24, 2.45) is 7.05 Å². The quantitative estimate of drug-likeness (QED) is 0.485. The summed E-state index contributed by atoms with van der Waals surface area (Å²) in [5, 5.41) is 7.72. The van der Waals surface area contributed by atoms with Gasteiger partial charge in [0.25, 0.3) is 0 Å². The molecule has 0 atom stereocenters. The van der Waals surface area contributed by atoms with Crippen LogP contribution in [0.5, 0.6) is 5.75 Å². The summed E-state index contributed by atoms with van der Waals surface area (Å²) in [5.41, 5.74) is 0.526. The Morgan fingerprint density at radius 2 is 1.90 bits per heavy atom. The van der Waals surface area contributed by atoms with E-state index in [2.05, 4.69) is 15.4 Å². The molecule has 0 saturated heterocycles. The third kappa shape index (κ3) is 3.67. The molecule has 7 nitrogen and oxygen atoms in total. The van der Waals surface area contributed by atoms with Crippen molar-refractivity contribution in [1.82, 2.24) is 24.8 Å². The Kier molecular flexibility index (Phi) is 5.28. The van der Waals surface area contributed by atoms with E-state index in [9.17, 15) is 13.6 Å². The fourth-order valence-electron chi connectivity index (χ4n) is 2.86. The number of aryl methyl sites for hydroxylation is 1. The number of rotatable bonds is 5. The predicted molar refractivity (Wildman–Crippen MR) is 106 cm³/mol. The van der Waals surface area contributed by atoms with Crippen LogP contribution in [0.25, 0.3) is 16.9 Å². The van der Waals surface area contributed by atoms with Crippen LogP contribution in [0.3, 0.4) is 0 Å². The minimum absolute atomic E-state index is 0.0185. The van der Waals surface area contributed by atoms with E-state index in [4.69, 9.17) is 16.3 Å². The highest BCUT2D eigenvalue weighted by atomic mass is 35.5. The molecule has 0 aliphatic carbocycles. The number of hydrogen-bond donors (Lipinski definition) is 0. The van der Waals surface area contributed by atoms with Crippen molar-refractivity contribution in [1.29, 1.82) is 0 Å². The van der Waals surface area contributed by atoms with Gasteiger partial charge in [0.05, 0.1) is 11.4 Å². The third-order valence-corrected chi connectivity index (χ3v) is 4.73. The van der Waals surface area contributed by atoms with E-state index in [1.165, 1.54) is 13.2 Å². The van der Waals surface area contributed by atoms with Crippen LogP contribution in [0.1, 0.15) is 5.56 Å². The number of pyridine rings is 1. The van der Waals surface area contributed by atoms with Gasteiger partial charge >= 0.3 is 5.69 Å². The summed E-state index contributed by atoms with van der Waals surface area (Å²) in [4.78, 5) is 16.2. The Labute approximate surface area is 174 Å². The molecule has 2 aromatic carbocycles. The van der Waals surface area contributed by atoms with Crippen molar-refractivity contribution < 1.29 is 13.5 Å². The van der Waals surface area contributed by atoms with Crippen LogP contribution in [0.2, 0.25) is 5.02 Å². The lowest BCUT2D eigenvalue weighted by Crippen LogP contribution is -2.23. The Balaban J connectivity index is 1.66. The molecule has 152 valence electrons. The first-order valence-electron chi connectivity index (χ1n) is 8.75. The number of benzene rings is 2. The average Bonchev–Trinajstić information content (AvgIpc) is 3.08. The van der Waals surface area contributed by atoms with E-state index in [1.54, 1.807) is 36.4 Å². The molecule has 2 heterocycles. The maximum atomic E-state index is 14.6. The minimum Gasteiger partial charge on any atom is -0.486 e. The van der Waals surface area contributed by atoms with Gasteiger partial charge in [0.15, 0.2) is 11.6 Å². The summed E-state index contributed by atoms with van der Waals surface area (Å²) in [5.74, 6) is -1.75. The first-order valence-corrected chi connectivity index (χ1v) is 9.13. The minimum atomic E-state index is -0.762. The lowest BCUT2D eigenvalue weighted by atomic mass is 10.1. The summed E-state index contributed by atoms with van der Waals surface area (Å²) in [6, 6.07) is 11.7. The number of ether oxygens (including phenoxy) is 1. The molecular weight excluding hydrogens is 416 g/mol. The number of tetrazole rings is 1. The average molecular weight is 430 g/mol. The Morgan fingerprint density at radius 3 is 2.60 bits per heavy atom. The SMILES string of the molecule is Cn1nnn(-c2cccc(Cl)c2COc2cc(F)c(-c3ccccn3)cc2F)c1=O. The van der Waals surface area contributed by atoms with Crippen molar-refractivity contribution in [3.05, 3.63) is 87.4 Å². The van der Waals surface area contributed by atoms with Crippen molar-refractivity contribution in [2.45, 2.75) is 6.61 Å². The molecule has 0 aliphatic rings. The van der Waals surface area contributed by atoms with Crippen molar-refractivity contribution in [3.8, 4) is 22.7 Å². The van der Waals surface area contributed by atoms with E-state index < -0.39 is 17.3 Å². The lowest BCUT2D eigenvalue weighted by Gasteiger charge is -2.13. The topological polar surface area (TPSA) is 74.8 Å². The third-order valence-electron chi connectivity index (χ3n) is 4.38. The molecule has 4 rings (SSSR count). The van der Waals surface area contributed by atoms with Gasteiger partial charge in [-0.1, -0.05) is 23.7 Å². The molecule has 0 saturated carbocycles. The molecule has 10 heteroatoms. The van der Waals surface area contributed by atoms with Crippen LogP contribution < -0.4 is 10.4 Å². The van der Waals surface area contributed by atoms with Gasteiger partial charge in [-0.05, 0) is 40.8 Å². The second-order valence-corrected chi connectivity index (χ2v) is 6.71. The zero-order valence-corrected chi connectivity index (χ0v) is 16.3. The van der Waals surface area contributed by atoms with Gasteiger partial charge in [-0.2, -0.15) is 9.36 Å². The van der Waals surface area contributed by atoms with E-state index in [0.29, 0.717) is 16.9 Å². The Morgan fingerprint density at radius 1 is 1.07 bits per heavy atom. The van der Waals surface area contributed by atoms with E-state index in [-0.39, 0.29) is 22.9 Å². The highest BCUT2D eigenvalue weighted by Crippen LogP contribution is 2.30. The van der Waals surface area contributed by atoms with Crippen molar-refractivity contribution in [3.63, 3.8) is 0 Å². The number of hydrogen-bond acceptors (Lipinski definition) is 5. The summed E-state index contributed by atoms with van der Waals surface area (Å²) in [6.07, 6.45) is 1.49. The van der Waals surface area contributed by atoms with Gasteiger partial charge in [0.1, 0.15) is 12.4 Å². The molecule has 0 amide bonds. The summed E-state index contributed by atoms with van der Waals surface area (Å²) < 4.78 is 36.7. The zero-order chi connectivity index (χ0) is 21.3. The molecule has 0 spiro atoms. The van der Waals surface area contributed by atoms with Gasteiger partial charge in [0, 0.05) is 35.5 Å². The van der Waals surface area contributed by atoms with Gasteiger partial charge in [-0.15, -0.1) is 0 Å². The van der Waals surface area contributed by atoms with Crippen LogP contribution >= 0.6 is 11.6 Å². The summed E-state index contributed by atoms with van der Waals surface area (Å²) in [7, 11) is 1.45. The predicted octanol–water partition coefficient (Wildman–Crippen LogP) is 3.54. The Bertz CT molecular complexity index is 1270. The summed E-state index contributed by atoms with van der Waals surface area (Å²) >= 11 is 6.25. The number of nitrogens with zero attached hydrogens (tertiary/aromatic N) is 5. The van der Waals surface area contributed by atoms with Crippen molar-refractivity contribution in [2.75, 3.05) is 0 Å². The molecule has 30 heavy (non-hydrogen) atoms. The van der Waals surface area contributed by atoms with Gasteiger partial charge < -0.3 is 4.74 Å². The lowest BCUT2D eigenvalue weighted by molar-refractivity contribution is 0.288. The van der Waals surface area contributed by atoms with Gasteiger partial charge in [-0.3, -0.25) is 4.98 Å². The van der Waals surface area contributed by atoms with E-state index >= 15 is 0 Å². The van der Waals surface area contributed by atoms with Crippen LogP contribution in [0, 0.1) is 11.6 Å². The molecule has 0 fully saturated rings. The molecule has 0 bridgehead atoms. The first kappa shape index (κ1) is 19.7. The second-order valence-electron chi connectivity index (χ2n) is 6.30. The highest BCUT2D eigenvalue weighted by Gasteiger charge is 2.17. The molecule has 0 aliphatic heterocycles. The molecular formula is C20H14ClF2N5O2. The van der Waals surface area contributed by atoms with E-state index in [0.717, 1.165) is 21.5 Å². The molecule has 2 aromatic heterocycles. The van der Waals surface area contributed by atoms with Crippen LogP contribution in [0.15, 0.2) is 59.5 Å². The van der Waals surface area contributed by atoms with E-state index in [1.807, 2.05) is 0 Å². The largest absolute Gasteiger partial charge is 0.486 e. The maximum absolute atomic E-state index is 14.6. The fourth-order valence-corrected chi connectivity index (χ4v) is 3.09. The number of halogens is 3. The molecule has 0 unspecified atom stereocenters. The summed E-state index contributed by atoms with van der Waals surface area (Å²) in [6.45, 7) is -0.225. The standard InChI is InChI=1S/C20H14ClF2N5O2/c1-27-20(29)28(26-25-27)18-7-4-5-14(21)13(18)11-30-19-10-15(22)12(9-16(19)23)17-6-2-3-8-24-17/h2-10H,11H2,1H3. The molecule has 4 aromatic rings. The first-order chi connectivity index (χ1) is 14.5. The second kappa shape index (κ2) is 8.03. The van der Waals surface area contributed by atoms with Gasteiger partial charge in [-0.25, -0.2) is 13.6 Å². The normalized spacial score (nSPS) is 10.9. The van der Waals surface area contributed by atoms with Crippen molar-refractivity contribution >= 4 is 11.6 Å². The van der Waals surface area contributed by atoms with Crippen LogP contribution in [-0.4, -0.2) is 24.8 Å². The fraction of sp³-hybridized carbons (Fsp3) is 0.100. The Hall–Kier alpha value is -3.59. The van der Waals surface area contributed by atoms with Crippen LogP contribution in [-0.2, 0) is 13.7 Å². The molecule has 0 N–H and O–H groups in total. The zero-order valence-electron chi connectivity index (χ0n) is 15.6. The van der Waals surface area contributed by atoms with Crippen LogP contribution in [0.4, 0.5) is 8.78 Å². The highest BCUT2D eigenvalue weighted by molar-refractivity contribution is 6.31.